The Morgan fingerprint density at radius 3 is 1.90 bits per heavy atom. The molecule has 0 bridgehead atoms. The number of hydrogen-bond acceptors (Lipinski definition) is 20. The number of carbonyl (C=O) groups excluding carboxylic acids is 11. The van der Waals surface area contributed by atoms with Crippen molar-refractivity contribution < 1.29 is 95.4 Å². The van der Waals surface area contributed by atoms with Crippen molar-refractivity contribution in [2.45, 2.75) is 182 Å². The first-order valence-corrected chi connectivity index (χ1v) is 41.9. The van der Waals surface area contributed by atoms with Crippen LogP contribution in [0.2, 0.25) is 0 Å². The van der Waals surface area contributed by atoms with Crippen LogP contribution in [0.15, 0.2) is 103 Å². The van der Waals surface area contributed by atoms with E-state index in [1.165, 1.54) is 40.1 Å². The number of ether oxygens (including phenoxy) is 5. The highest BCUT2D eigenvalue weighted by atomic mass is 19.1. The van der Waals surface area contributed by atoms with E-state index in [1.54, 1.807) is 36.4 Å². The minimum Gasteiger partial charge on any atom is -0.508 e. The molecule has 0 radical (unpaired) electrons. The van der Waals surface area contributed by atoms with Crippen LogP contribution in [-0.4, -0.2) is 229 Å². The van der Waals surface area contributed by atoms with Crippen LogP contribution in [0.1, 0.15) is 164 Å². The number of fused-ring (bicyclic) bond motifs is 9. The molecular formula is C86H107F2N17O18. The van der Waals surface area contributed by atoms with Crippen LogP contribution in [-0.2, 0) is 80.5 Å². The number of aromatic hydroxyl groups is 2. The molecule has 4 fully saturated rings. The molecule has 6 aliphatic rings. The summed E-state index contributed by atoms with van der Waals surface area (Å²) < 4.78 is 59.3. The molecule has 1 aromatic heterocycles. The number of phenols is 2. The topological polar surface area (TPSA) is 517 Å². The average Bonchev–Trinajstić information content (AvgIpc) is 1.57. The third kappa shape index (κ3) is 22.8. The summed E-state index contributed by atoms with van der Waals surface area (Å²) in [6.07, 6.45) is 5.34. The minimum atomic E-state index is -1.63. The van der Waals surface area contributed by atoms with Crippen molar-refractivity contribution in [3.63, 3.8) is 0 Å². The fraction of sp³-hybridized carbons (Fsp3) is 0.477. The lowest BCUT2D eigenvalue weighted by atomic mass is 9.75. The molecule has 6 heterocycles. The lowest BCUT2D eigenvalue weighted by Gasteiger charge is -2.43. The van der Waals surface area contributed by atoms with Crippen LogP contribution in [0.3, 0.4) is 0 Å². The lowest BCUT2D eigenvalue weighted by Crippen LogP contribution is -2.67. The number of aromatic amines is 1. The Bertz CT molecular complexity index is 4810. The Kier molecular flexibility index (Phi) is 30.5. The van der Waals surface area contributed by atoms with Gasteiger partial charge in [0, 0.05) is 104 Å². The predicted octanol–water partition coefficient (Wildman–Crippen LogP) is 3.52. The van der Waals surface area contributed by atoms with Crippen molar-refractivity contribution in [2.24, 2.45) is 11.5 Å². The quantitative estimate of drug-likeness (QED) is 0.0138. The number of aromatic nitrogens is 1. The smallest absolute Gasteiger partial charge is 0.340 e. The highest BCUT2D eigenvalue weighted by Gasteiger charge is 2.55. The first-order chi connectivity index (χ1) is 59.3. The summed E-state index contributed by atoms with van der Waals surface area (Å²) in [6, 6.07) is 16.0. The summed E-state index contributed by atoms with van der Waals surface area (Å²) in [6.45, 7) is 0.604. The van der Waals surface area contributed by atoms with E-state index < -0.39 is 137 Å². The molecule has 37 heteroatoms. The van der Waals surface area contributed by atoms with Gasteiger partial charge in [-0.05, 0) is 155 Å². The number of hydrogen-bond donors (Lipinski definition) is 17. The first-order valence-electron chi connectivity index (χ1n) is 41.9. The summed E-state index contributed by atoms with van der Waals surface area (Å²) in [7, 11) is 0. The molecule has 123 heavy (non-hydrogen) atoms. The zero-order chi connectivity index (χ0) is 87.3. The van der Waals surface area contributed by atoms with Gasteiger partial charge in [0.1, 0.15) is 89.1 Å². The average molecular weight is 1700 g/mol. The minimum absolute atomic E-state index is 0.0133. The van der Waals surface area contributed by atoms with E-state index in [1.807, 2.05) is 18.2 Å². The van der Waals surface area contributed by atoms with E-state index in [2.05, 4.69) is 58.2 Å². The molecule has 0 unspecified atom stereocenters. The second kappa shape index (κ2) is 41.8. The van der Waals surface area contributed by atoms with Crippen LogP contribution >= 0.6 is 0 Å². The molecular weight excluding hydrogens is 1600 g/mol. The van der Waals surface area contributed by atoms with E-state index in [9.17, 15) is 48.6 Å². The van der Waals surface area contributed by atoms with Crippen molar-refractivity contribution in [1.29, 1.82) is 10.8 Å². The Hall–Kier alpha value is -12.5. The molecule has 19 N–H and O–H groups in total. The summed E-state index contributed by atoms with van der Waals surface area (Å²) in [5.74, 6) is -9.89. The van der Waals surface area contributed by atoms with E-state index in [-0.39, 0.29) is 187 Å². The van der Waals surface area contributed by atoms with Crippen molar-refractivity contribution in [3.05, 3.63) is 154 Å². The van der Waals surface area contributed by atoms with Crippen molar-refractivity contribution >= 4 is 87.9 Å². The number of phenolic OH excluding ortho intramolecular Hbond substituents is 2. The number of amides is 10. The fourth-order valence-corrected chi connectivity index (χ4v) is 16.6. The van der Waals surface area contributed by atoms with Crippen LogP contribution in [0.5, 0.6) is 23.0 Å². The largest absolute Gasteiger partial charge is 0.508 e. The molecule has 1 saturated carbocycles. The number of nitrogens with one attached hydrogen (secondary N) is 13. The number of guanidine groups is 2. The summed E-state index contributed by atoms with van der Waals surface area (Å²) in [5.41, 5.74) is 10.8. The Balaban J connectivity index is 0.690. The molecule has 10 amide bonds. The van der Waals surface area contributed by atoms with Gasteiger partial charge in [-0.15, -0.1) is 0 Å². The normalized spacial score (nSPS) is 20.3. The summed E-state index contributed by atoms with van der Waals surface area (Å²) in [5, 5.41) is 64.8. The predicted molar refractivity (Wildman–Crippen MR) is 442 cm³/mol. The number of esters is 1. The Labute approximate surface area is 708 Å². The number of benzene rings is 5. The molecule has 5 aromatic carbocycles. The van der Waals surface area contributed by atoms with E-state index >= 15 is 23.2 Å². The maximum atomic E-state index is 15.3. The Morgan fingerprint density at radius 1 is 0.610 bits per heavy atom. The second-order valence-electron chi connectivity index (χ2n) is 31.7. The van der Waals surface area contributed by atoms with Gasteiger partial charge >= 0.3 is 5.97 Å². The number of nitrogens with zero attached hydrogens (tertiary/aromatic N) is 2. The molecule has 35 nitrogen and oxygen atoms in total. The van der Waals surface area contributed by atoms with Gasteiger partial charge in [-0.2, -0.15) is 0 Å². The van der Waals surface area contributed by atoms with Gasteiger partial charge in [0.25, 0.3) is 5.91 Å². The SMILES string of the molecule is N=C(N)NCCC[C@H](NC(=O)COCCOCCOCCNC(=O)c1ccc2c(c1)C(=O)OC21c2ccc(O)cc2Oc2cc(O)ccc21)C(=O)N[C@@H](Cc1cc2ccccc2[nH]1)C(=O)N[C@H]1CCCCCCCCNC(=O)[C@@H]2CCCN2C(=O)[C@H](CCCNC(=N)N)NC(=O)C2(CCC2)NC(=O)[C@@H]2CCCN2C(=O)[C@H](Cc2cc(F)cc(F)c2)NC1=O. The van der Waals surface area contributed by atoms with Crippen molar-refractivity contribution in [1.82, 2.24) is 68.0 Å². The second-order valence-corrected chi connectivity index (χ2v) is 31.7. The van der Waals surface area contributed by atoms with Crippen LogP contribution in [0.4, 0.5) is 8.78 Å². The van der Waals surface area contributed by atoms with Crippen LogP contribution in [0.25, 0.3) is 10.9 Å². The molecule has 658 valence electrons. The standard InChI is InChI=1S/C86H107F2N17O18/c87-53-40-50(41-54(88)45-53)42-67-80(116)105-34-12-20-69(105)78(114)103-85(27-13-28-85)82(118)102-65(18-10-31-96-84(91)92)79(115)104-33-11-19-68(104)77(113)93-29-8-4-2-1-3-5-16-64(75(111)101-67)99-76(112)66(46-55-43-51-14-6-7-15-62(51)97-55)100-74(110)63(17-9-30-95-83(89)90)98-72(108)49-121-39-38-120-37-36-119-35-32-94-73(109)52-21-24-59-58(44-52)81(117)123-86(59)60-25-22-56(106)47-70(60)122-71-48-57(107)23-26-61(71)86/h6-7,14-15,21-26,40-41,43-45,47-48,63-69,97,106-107H,1-5,8-13,16-20,27-39,42,46,49H2,(H,93,113)(H,94,109)(H,98,108)(H,99,112)(H,100,110)(H,101,111)(H,102,118)(H,103,114)(H4,89,90,95)(H4,91,92,96)/t63-,64-,65-,66-,67-,68-,69-/m0/s1. The number of nitrogens with two attached hydrogens (primary N) is 2. The van der Waals surface area contributed by atoms with Gasteiger partial charge in [-0.25, -0.2) is 13.6 Å². The molecule has 3 saturated heterocycles. The van der Waals surface area contributed by atoms with Crippen LogP contribution in [0, 0.1) is 22.5 Å². The molecule has 12 rings (SSSR count). The van der Waals surface area contributed by atoms with E-state index in [0.717, 1.165) is 17.5 Å². The zero-order valence-electron chi connectivity index (χ0n) is 68.2. The van der Waals surface area contributed by atoms with E-state index in [0.29, 0.717) is 98.3 Å². The zero-order valence-corrected chi connectivity index (χ0v) is 68.2. The third-order valence-electron chi connectivity index (χ3n) is 22.9. The van der Waals surface area contributed by atoms with Gasteiger partial charge in [0.15, 0.2) is 17.5 Å². The number of rotatable bonds is 29. The van der Waals surface area contributed by atoms with Gasteiger partial charge in [0.05, 0.1) is 38.6 Å². The number of halogens is 2. The van der Waals surface area contributed by atoms with Gasteiger partial charge in [0.2, 0.25) is 53.2 Å². The highest BCUT2D eigenvalue weighted by molar-refractivity contribution is 6.03. The van der Waals surface area contributed by atoms with Gasteiger partial charge in [-0.3, -0.25) is 58.8 Å². The lowest BCUT2D eigenvalue weighted by molar-refractivity contribution is -0.146. The van der Waals surface area contributed by atoms with Crippen molar-refractivity contribution in [2.75, 3.05) is 78.9 Å². The molecule has 1 aliphatic carbocycles. The van der Waals surface area contributed by atoms with Gasteiger partial charge in [-0.1, -0.05) is 56.4 Å². The molecule has 5 aliphatic heterocycles. The molecule has 7 atom stereocenters. The first kappa shape index (κ1) is 89.7. The summed E-state index contributed by atoms with van der Waals surface area (Å²) >= 11 is 0. The maximum Gasteiger partial charge on any atom is 0.340 e. The van der Waals surface area contributed by atoms with Gasteiger partial charge < -0.3 is 113 Å². The molecule has 2 spiro atoms. The fourth-order valence-electron chi connectivity index (χ4n) is 16.6. The van der Waals surface area contributed by atoms with Crippen LogP contribution < -0.4 is 69.4 Å². The highest BCUT2D eigenvalue weighted by Crippen LogP contribution is 2.57. The number of para-hydroxylation sites is 1. The third-order valence-corrected chi connectivity index (χ3v) is 22.9. The maximum absolute atomic E-state index is 15.3. The monoisotopic (exact) mass is 1700 g/mol. The Morgan fingerprint density at radius 2 is 1.24 bits per heavy atom. The summed E-state index contributed by atoms with van der Waals surface area (Å²) in [4.78, 5) is 165. The van der Waals surface area contributed by atoms with Crippen molar-refractivity contribution in [3.8, 4) is 23.0 Å². The molecule has 6 aromatic rings. The van der Waals surface area contributed by atoms with E-state index in [4.69, 9.17) is 46.0 Å². The number of H-pyrrole nitrogens is 1. The number of carbonyl (C=O) groups is 11.